The van der Waals surface area contributed by atoms with Crippen LogP contribution in [-0.2, 0) is 22.5 Å². The number of hydrogen-bond acceptors (Lipinski definition) is 5. The molecule has 0 radical (unpaired) electrons. The molecule has 5 nitrogen and oxygen atoms in total. The molecule has 3 rings (SSSR count). The molecule has 23 heavy (non-hydrogen) atoms. The zero-order valence-corrected chi connectivity index (χ0v) is 14.1. The lowest BCUT2D eigenvalue weighted by Gasteiger charge is -2.24. The fourth-order valence-corrected chi connectivity index (χ4v) is 3.53. The third kappa shape index (κ3) is 3.29. The number of nitrogens with zero attached hydrogens (tertiary/aromatic N) is 1. The van der Waals surface area contributed by atoms with Crippen molar-refractivity contribution in [3.8, 4) is 11.5 Å². The third-order valence-corrected chi connectivity index (χ3v) is 4.59. The Morgan fingerprint density at radius 1 is 1.43 bits per heavy atom. The molecular weight excluding hydrogens is 294 g/mol. The standard InChI is InChI=1S/C18H25NO4/c1-4-22-16-9-13-8-12(2)23-17(13)10-14(16)11-19-7-5-6-15(19)18(20)21-3/h9-10,12,15H,4-8,11H2,1-3H3. The number of fused-ring (bicyclic) bond motifs is 1. The predicted octanol–water partition coefficient (Wildman–Crippen LogP) is 2.55. The van der Waals surface area contributed by atoms with Gasteiger partial charge in [0.25, 0.3) is 0 Å². The highest BCUT2D eigenvalue weighted by Crippen LogP contribution is 2.36. The third-order valence-electron chi connectivity index (χ3n) is 4.59. The minimum atomic E-state index is -0.150. The first-order valence-corrected chi connectivity index (χ1v) is 8.39. The molecule has 126 valence electrons. The van der Waals surface area contributed by atoms with Crippen molar-refractivity contribution >= 4 is 5.97 Å². The number of carbonyl (C=O) groups is 1. The van der Waals surface area contributed by atoms with E-state index >= 15 is 0 Å². The van der Waals surface area contributed by atoms with Crippen LogP contribution in [0.25, 0.3) is 0 Å². The highest BCUT2D eigenvalue weighted by atomic mass is 16.5. The molecule has 0 aromatic heterocycles. The molecule has 2 aliphatic heterocycles. The van der Waals surface area contributed by atoms with Crippen molar-refractivity contribution in [2.75, 3.05) is 20.3 Å². The summed E-state index contributed by atoms with van der Waals surface area (Å²) in [5.41, 5.74) is 2.28. The summed E-state index contributed by atoms with van der Waals surface area (Å²) in [6, 6.07) is 4.03. The molecule has 0 N–H and O–H groups in total. The van der Waals surface area contributed by atoms with Crippen molar-refractivity contribution in [2.45, 2.75) is 51.8 Å². The molecule has 0 aliphatic carbocycles. The molecule has 0 bridgehead atoms. The maximum Gasteiger partial charge on any atom is 0.323 e. The van der Waals surface area contributed by atoms with Gasteiger partial charge >= 0.3 is 5.97 Å². The Kier molecular flexibility index (Phi) is 4.76. The van der Waals surface area contributed by atoms with Gasteiger partial charge < -0.3 is 14.2 Å². The Hall–Kier alpha value is -1.75. The van der Waals surface area contributed by atoms with Crippen LogP contribution in [0.1, 0.15) is 37.8 Å². The van der Waals surface area contributed by atoms with Crippen LogP contribution in [0, 0.1) is 0 Å². The van der Waals surface area contributed by atoms with Crippen molar-refractivity contribution < 1.29 is 19.0 Å². The van der Waals surface area contributed by atoms with Crippen LogP contribution in [0.15, 0.2) is 12.1 Å². The Balaban J connectivity index is 1.84. The van der Waals surface area contributed by atoms with E-state index in [0.717, 1.165) is 42.9 Å². The van der Waals surface area contributed by atoms with E-state index in [2.05, 4.69) is 24.0 Å². The van der Waals surface area contributed by atoms with Crippen LogP contribution < -0.4 is 9.47 Å². The number of hydrogen-bond donors (Lipinski definition) is 0. The van der Waals surface area contributed by atoms with E-state index in [1.807, 2.05) is 6.92 Å². The molecular formula is C18H25NO4. The minimum absolute atomic E-state index is 0.147. The van der Waals surface area contributed by atoms with Crippen LogP contribution >= 0.6 is 0 Å². The van der Waals surface area contributed by atoms with Gasteiger partial charge in [0.15, 0.2) is 0 Å². The average Bonchev–Trinajstić information content (AvgIpc) is 3.12. The lowest BCUT2D eigenvalue weighted by molar-refractivity contribution is -0.146. The van der Waals surface area contributed by atoms with Crippen LogP contribution in [0.4, 0.5) is 0 Å². The van der Waals surface area contributed by atoms with Gasteiger partial charge in [0, 0.05) is 24.1 Å². The monoisotopic (exact) mass is 319 g/mol. The van der Waals surface area contributed by atoms with Gasteiger partial charge in [0.2, 0.25) is 0 Å². The number of methoxy groups -OCH3 is 1. The fourth-order valence-electron chi connectivity index (χ4n) is 3.53. The van der Waals surface area contributed by atoms with Crippen molar-refractivity contribution in [3.63, 3.8) is 0 Å². The Bertz CT molecular complexity index is 587. The van der Waals surface area contributed by atoms with E-state index < -0.39 is 0 Å². The fraction of sp³-hybridized carbons (Fsp3) is 0.611. The van der Waals surface area contributed by atoms with Gasteiger partial charge in [0.05, 0.1) is 13.7 Å². The summed E-state index contributed by atoms with van der Waals surface area (Å²) < 4.78 is 16.6. The van der Waals surface area contributed by atoms with Crippen molar-refractivity contribution in [3.05, 3.63) is 23.3 Å². The van der Waals surface area contributed by atoms with E-state index in [0.29, 0.717) is 13.2 Å². The molecule has 2 aliphatic rings. The predicted molar refractivity (Wildman–Crippen MR) is 86.9 cm³/mol. The zero-order valence-electron chi connectivity index (χ0n) is 14.1. The summed E-state index contributed by atoms with van der Waals surface area (Å²) in [6.07, 6.45) is 3.01. The Morgan fingerprint density at radius 2 is 2.26 bits per heavy atom. The SMILES string of the molecule is CCOc1cc2c(cc1CN1CCCC1C(=O)OC)OC(C)C2. The lowest BCUT2D eigenvalue weighted by Crippen LogP contribution is -2.36. The number of rotatable bonds is 5. The maximum atomic E-state index is 11.9. The molecule has 2 atom stereocenters. The first kappa shape index (κ1) is 16.1. The molecule has 2 heterocycles. The topological polar surface area (TPSA) is 48.0 Å². The Morgan fingerprint density at radius 3 is 3.00 bits per heavy atom. The largest absolute Gasteiger partial charge is 0.494 e. The number of carbonyl (C=O) groups excluding carboxylic acids is 1. The molecule has 1 saturated heterocycles. The van der Waals surface area contributed by atoms with Crippen molar-refractivity contribution in [1.82, 2.24) is 4.90 Å². The summed E-state index contributed by atoms with van der Waals surface area (Å²) in [6.45, 7) is 6.28. The summed E-state index contributed by atoms with van der Waals surface area (Å²) in [5.74, 6) is 1.70. The van der Waals surface area contributed by atoms with E-state index in [1.165, 1.54) is 12.7 Å². The van der Waals surface area contributed by atoms with Gasteiger partial charge in [-0.05, 0) is 45.4 Å². The molecule has 1 aromatic rings. The average molecular weight is 319 g/mol. The molecule has 5 heteroatoms. The van der Waals surface area contributed by atoms with E-state index in [4.69, 9.17) is 14.2 Å². The van der Waals surface area contributed by atoms with Gasteiger partial charge in [-0.3, -0.25) is 9.69 Å². The lowest BCUT2D eigenvalue weighted by atomic mass is 10.1. The summed E-state index contributed by atoms with van der Waals surface area (Å²) in [5, 5.41) is 0. The minimum Gasteiger partial charge on any atom is -0.494 e. The van der Waals surface area contributed by atoms with E-state index in [1.54, 1.807) is 0 Å². The number of benzene rings is 1. The van der Waals surface area contributed by atoms with Crippen LogP contribution in [0.2, 0.25) is 0 Å². The van der Waals surface area contributed by atoms with Gasteiger partial charge in [-0.1, -0.05) is 0 Å². The number of ether oxygens (including phenoxy) is 3. The molecule has 1 fully saturated rings. The molecule has 0 saturated carbocycles. The van der Waals surface area contributed by atoms with Gasteiger partial charge in [-0.2, -0.15) is 0 Å². The molecule has 1 aromatic carbocycles. The molecule has 0 spiro atoms. The highest BCUT2D eigenvalue weighted by molar-refractivity contribution is 5.76. The second kappa shape index (κ2) is 6.79. The number of likely N-dealkylation sites (tertiary alicyclic amines) is 1. The van der Waals surface area contributed by atoms with Crippen molar-refractivity contribution in [2.24, 2.45) is 0 Å². The zero-order chi connectivity index (χ0) is 16.4. The summed E-state index contributed by atoms with van der Waals surface area (Å²) in [7, 11) is 1.45. The highest BCUT2D eigenvalue weighted by Gasteiger charge is 2.32. The normalized spacial score (nSPS) is 23.4. The maximum absolute atomic E-state index is 11.9. The van der Waals surface area contributed by atoms with Crippen LogP contribution in [0.5, 0.6) is 11.5 Å². The summed E-state index contributed by atoms with van der Waals surface area (Å²) >= 11 is 0. The Labute approximate surface area is 137 Å². The second-order valence-electron chi connectivity index (χ2n) is 6.28. The summed E-state index contributed by atoms with van der Waals surface area (Å²) in [4.78, 5) is 14.1. The van der Waals surface area contributed by atoms with Gasteiger partial charge in [-0.15, -0.1) is 0 Å². The van der Waals surface area contributed by atoms with Crippen LogP contribution in [0.3, 0.4) is 0 Å². The number of esters is 1. The molecule has 2 unspecified atom stereocenters. The first-order valence-electron chi connectivity index (χ1n) is 8.39. The van der Waals surface area contributed by atoms with E-state index in [9.17, 15) is 4.79 Å². The molecule has 0 amide bonds. The quantitative estimate of drug-likeness (QED) is 0.781. The first-order chi connectivity index (χ1) is 11.1. The van der Waals surface area contributed by atoms with Crippen molar-refractivity contribution in [1.29, 1.82) is 0 Å². The van der Waals surface area contributed by atoms with Gasteiger partial charge in [-0.25, -0.2) is 0 Å². The van der Waals surface area contributed by atoms with Gasteiger partial charge in [0.1, 0.15) is 23.6 Å². The smallest absolute Gasteiger partial charge is 0.323 e. The van der Waals surface area contributed by atoms with Crippen LogP contribution in [-0.4, -0.2) is 43.3 Å². The second-order valence-corrected chi connectivity index (χ2v) is 6.28. The van der Waals surface area contributed by atoms with E-state index in [-0.39, 0.29) is 18.1 Å².